The third-order valence-corrected chi connectivity index (χ3v) is 11.0. The third-order valence-electron chi connectivity index (χ3n) is 9.49. The fourth-order valence-corrected chi connectivity index (χ4v) is 7.95. The van der Waals surface area contributed by atoms with Crippen molar-refractivity contribution in [1.29, 1.82) is 0 Å². The number of nitrogens with zero attached hydrogens (tertiary/aromatic N) is 1. The minimum atomic E-state index is -0.610. The molecule has 3 unspecified atom stereocenters. The molecule has 0 bridgehead atoms. The summed E-state index contributed by atoms with van der Waals surface area (Å²) in [4.78, 5) is 35.9. The van der Waals surface area contributed by atoms with Gasteiger partial charge in [-0.15, -0.1) is 0 Å². The van der Waals surface area contributed by atoms with Gasteiger partial charge in [0.15, 0.2) is 0 Å². The number of methoxy groups -OCH3 is 1. The van der Waals surface area contributed by atoms with Crippen molar-refractivity contribution in [3.05, 3.63) is 23.8 Å². The van der Waals surface area contributed by atoms with Crippen molar-refractivity contribution in [2.75, 3.05) is 72.3 Å². The van der Waals surface area contributed by atoms with Crippen LogP contribution in [0.5, 0.6) is 0 Å². The third kappa shape index (κ3) is 19.1. The monoisotopic (exact) mass is 767 g/mol. The Morgan fingerprint density at radius 3 is 2.38 bits per heavy atom. The van der Waals surface area contributed by atoms with Crippen LogP contribution in [-0.4, -0.2) is 130 Å². The van der Waals surface area contributed by atoms with Gasteiger partial charge in [-0.2, -0.15) is 16.9 Å². The highest BCUT2D eigenvalue weighted by Crippen LogP contribution is 2.33. The lowest BCUT2D eigenvalue weighted by Crippen LogP contribution is -2.36. The summed E-state index contributed by atoms with van der Waals surface area (Å²) < 4.78 is 27.6. The van der Waals surface area contributed by atoms with Crippen LogP contribution in [0.15, 0.2) is 28.9 Å². The topological polar surface area (TPSA) is 178 Å². The number of fused-ring (bicyclic) bond motifs is 1. The van der Waals surface area contributed by atoms with Crippen LogP contribution in [-0.2, 0) is 33.3 Å². The van der Waals surface area contributed by atoms with Crippen molar-refractivity contribution in [2.45, 2.75) is 114 Å². The number of carbonyl (C=O) groups is 3. The van der Waals surface area contributed by atoms with Crippen molar-refractivity contribution in [2.24, 2.45) is 11.0 Å². The van der Waals surface area contributed by atoms with Crippen LogP contribution in [0.4, 0.5) is 4.79 Å². The number of ether oxygens (including phenoxy) is 5. The summed E-state index contributed by atoms with van der Waals surface area (Å²) in [6.45, 7) is 7.78. The molecule has 14 nitrogen and oxygen atoms in total. The number of hydrogen-bond acceptors (Lipinski definition) is 11. The predicted octanol–water partition coefficient (Wildman–Crippen LogP) is 3.63. The van der Waals surface area contributed by atoms with E-state index in [4.69, 9.17) is 23.7 Å². The van der Waals surface area contributed by atoms with Crippen molar-refractivity contribution in [3.8, 4) is 0 Å². The fourth-order valence-electron chi connectivity index (χ4n) is 6.41. The number of nitrogens with one attached hydrogen (secondary N) is 4. The van der Waals surface area contributed by atoms with Gasteiger partial charge in [0.2, 0.25) is 11.8 Å². The molecule has 0 aromatic heterocycles. The molecular weight excluding hydrogens is 703 g/mol. The van der Waals surface area contributed by atoms with Crippen LogP contribution >= 0.6 is 11.8 Å². The van der Waals surface area contributed by atoms with E-state index in [1.165, 1.54) is 5.57 Å². The van der Waals surface area contributed by atoms with Crippen LogP contribution in [0.3, 0.4) is 0 Å². The summed E-state index contributed by atoms with van der Waals surface area (Å²) in [5, 5.41) is 24.4. The number of hydrogen-bond donors (Lipinski definition) is 5. The zero-order valence-electron chi connectivity index (χ0n) is 32.1. The molecule has 2 fully saturated rings. The molecule has 1 aliphatic carbocycles. The first-order valence-electron chi connectivity index (χ1n) is 19.4. The van der Waals surface area contributed by atoms with Gasteiger partial charge in [0.05, 0.1) is 77.5 Å². The molecular formula is C38H65N5O9S. The molecule has 0 radical (unpaired) electrons. The summed E-state index contributed by atoms with van der Waals surface area (Å²) >= 11 is 1.90. The van der Waals surface area contributed by atoms with Crippen molar-refractivity contribution >= 4 is 35.3 Å². The highest BCUT2D eigenvalue weighted by molar-refractivity contribution is 8.00. The molecule has 0 spiro atoms. The summed E-state index contributed by atoms with van der Waals surface area (Å²) in [5.74, 6) is 0.758. The second-order valence-corrected chi connectivity index (χ2v) is 15.1. The van der Waals surface area contributed by atoms with Gasteiger partial charge in [0, 0.05) is 42.7 Å². The second kappa shape index (κ2) is 27.1. The molecule has 3 aliphatic rings. The van der Waals surface area contributed by atoms with Crippen LogP contribution < -0.4 is 21.4 Å². The smallest absolute Gasteiger partial charge is 0.315 e. The Labute approximate surface area is 320 Å². The number of aliphatic hydroxyl groups is 1. The number of amides is 4. The Bertz CT molecular complexity index is 1170. The Hall–Kier alpha value is -2.53. The fraction of sp³-hybridized carbons (Fsp3) is 0.789. The average Bonchev–Trinajstić information content (AvgIpc) is 3.70. The molecule has 53 heavy (non-hydrogen) atoms. The van der Waals surface area contributed by atoms with Crippen molar-refractivity contribution in [3.63, 3.8) is 0 Å². The van der Waals surface area contributed by atoms with Gasteiger partial charge in [-0.3, -0.25) is 9.59 Å². The largest absolute Gasteiger partial charge is 0.389 e. The van der Waals surface area contributed by atoms with E-state index in [0.29, 0.717) is 64.5 Å². The molecule has 0 aromatic rings. The molecule has 3 rings (SSSR count). The minimum absolute atomic E-state index is 0.0333. The van der Waals surface area contributed by atoms with Gasteiger partial charge < -0.3 is 44.7 Å². The first-order chi connectivity index (χ1) is 25.8. The Morgan fingerprint density at radius 1 is 0.925 bits per heavy atom. The maximum atomic E-state index is 12.4. The van der Waals surface area contributed by atoms with Gasteiger partial charge in [0.1, 0.15) is 6.10 Å². The molecule has 2 heterocycles. The van der Waals surface area contributed by atoms with Crippen LogP contribution in [0, 0.1) is 5.92 Å². The second-order valence-electron chi connectivity index (χ2n) is 13.9. The molecule has 302 valence electrons. The van der Waals surface area contributed by atoms with E-state index >= 15 is 0 Å². The van der Waals surface area contributed by atoms with Gasteiger partial charge >= 0.3 is 6.03 Å². The summed E-state index contributed by atoms with van der Waals surface area (Å²) in [6.07, 6.45) is 13.9. The highest BCUT2D eigenvalue weighted by Gasteiger charge is 2.42. The van der Waals surface area contributed by atoms with E-state index in [-0.39, 0.29) is 55.0 Å². The molecule has 2 saturated heterocycles. The number of allylic oxidation sites excluding steroid dienone is 2. The van der Waals surface area contributed by atoms with Crippen LogP contribution in [0.25, 0.3) is 0 Å². The number of rotatable bonds is 22. The number of carbonyl (C=O) groups excluding carboxylic acids is 3. The SMILES string of the molecule is CO[C@H]1/C=C/CCCC/C(=N/NC(=O)CCOCCOCCOCCOCCNC(=O)CCCCC2SCC3NC(=O)NC32)CC/C(C)=C\[C@@H](C)[C@@H]1O. The van der Waals surface area contributed by atoms with Crippen LogP contribution in [0.2, 0.25) is 0 Å². The molecule has 15 heteroatoms. The molecule has 0 aromatic carbocycles. The van der Waals surface area contributed by atoms with Crippen molar-refractivity contribution < 1.29 is 43.2 Å². The summed E-state index contributed by atoms with van der Waals surface area (Å²) in [7, 11) is 1.63. The van der Waals surface area contributed by atoms with Gasteiger partial charge in [-0.25, -0.2) is 10.2 Å². The predicted molar refractivity (Wildman–Crippen MR) is 207 cm³/mol. The quantitative estimate of drug-likeness (QED) is 0.0473. The molecule has 2 aliphatic heterocycles. The molecule has 5 N–H and O–H groups in total. The summed E-state index contributed by atoms with van der Waals surface area (Å²) in [5.41, 5.74) is 4.84. The Kier molecular flexibility index (Phi) is 23.0. The number of hydrazone groups is 1. The molecule has 0 saturated carbocycles. The van der Waals surface area contributed by atoms with Gasteiger partial charge in [-0.1, -0.05) is 37.1 Å². The van der Waals surface area contributed by atoms with Gasteiger partial charge in [-0.05, 0) is 58.3 Å². The normalized spacial score (nSPS) is 27.6. The van der Waals surface area contributed by atoms with Gasteiger partial charge in [0.25, 0.3) is 0 Å². The average molecular weight is 768 g/mol. The number of thioether (sulfide) groups is 1. The van der Waals surface area contributed by atoms with E-state index in [0.717, 1.165) is 69.3 Å². The lowest BCUT2D eigenvalue weighted by Gasteiger charge is -2.23. The zero-order chi connectivity index (χ0) is 38.1. The highest BCUT2D eigenvalue weighted by atomic mass is 32.2. The molecule has 6 atom stereocenters. The Balaban J connectivity index is 1.10. The lowest BCUT2D eigenvalue weighted by molar-refractivity contribution is -0.122. The van der Waals surface area contributed by atoms with E-state index in [1.807, 2.05) is 24.8 Å². The minimum Gasteiger partial charge on any atom is -0.389 e. The number of aliphatic hydroxyl groups excluding tert-OH is 1. The maximum absolute atomic E-state index is 12.4. The maximum Gasteiger partial charge on any atom is 0.315 e. The van der Waals surface area contributed by atoms with E-state index in [2.05, 4.69) is 45.6 Å². The van der Waals surface area contributed by atoms with E-state index in [1.54, 1.807) is 7.11 Å². The first-order valence-corrected chi connectivity index (χ1v) is 20.5. The summed E-state index contributed by atoms with van der Waals surface area (Å²) in [6, 6.07) is 0.389. The molecule has 4 amide bonds. The van der Waals surface area contributed by atoms with E-state index < -0.39 is 6.10 Å². The van der Waals surface area contributed by atoms with Crippen molar-refractivity contribution in [1.82, 2.24) is 21.4 Å². The Morgan fingerprint density at radius 2 is 1.64 bits per heavy atom. The standard InChI is InChI=1S/C38H65N5O9S/c1-28-14-15-30(10-6-4-5-7-11-32(48-3)37(46)29(2)26-28)42-43-35(45)16-18-49-20-22-51-24-25-52-23-21-50-19-17-39-34(44)13-9-8-12-33-36-31(27-53-33)40-38(47)41-36/h7,11,26,29,31-33,36-37,46H,4-6,8-10,12-25,27H2,1-3H3,(H,39,44)(H,43,45)(H2,40,41,47)/b11-7+,28-26-,42-30-/t29-,31?,32+,33?,36?,37+/m1/s1. The number of urea groups is 1. The zero-order valence-corrected chi connectivity index (χ0v) is 32.9. The first kappa shape index (κ1) is 44.9. The lowest BCUT2D eigenvalue weighted by atomic mass is 9.94. The van der Waals surface area contributed by atoms with E-state index in [9.17, 15) is 19.5 Å². The van der Waals surface area contributed by atoms with Crippen LogP contribution in [0.1, 0.15) is 84.5 Å². The number of unbranched alkanes of at least 4 members (excludes halogenated alkanes) is 1.